The highest BCUT2D eigenvalue weighted by atomic mass is 19.1. The number of nitrogens with zero attached hydrogens (tertiary/aromatic N) is 2. The first-order valence-electron chi connectivity index (χ1n) is 6.33. The molecule has 0 amide bonds. The zero-order valence-electron chi connectivity index (χ0n) is 10.8. The SMILES string of the molecule is NCCN(Cc1ccncc1)Cc1cccc(F)c1. The Bertz CT molecular complexity index is 502. The number of rotatable bonds is 6. The molecule has 2 N–H and O–H groups in total. The summed E-state index contributed by atoms with van der Waals surface area (Å²) in [5.41, 5.74) is 7.78. The van der Waals surface area contributed by atoms with E-state index >= 15 is 0 Å². The number of pyridine rings is 1. The Morgan fingerprint density at radius 3 is 2.47 bits per heavy atom. The lowest BCUT2D eigenvalue weighted by atomic mass is 10.2. The standard InChI is InChI=1S/C15H18FN3/c16-15-3-1-2-14(10-15)12-19(9-6-17)11-13-4-7-18-8-5-13/h1-5,7-8,10H,6,9,11-12,17H2. The van der Waals surface area contributed by atoms with Gasteiger partial charge in [0.05, 0.1) is 0 Å². The number of nitrogens with two attached hydrogens (primary N) is 1. The molecule has 0 aliphatic rings. The van der Waals surface area contributed by atoms with Gasteiger partial charge in [-0.05, 0) is 35.4 Å². The maximum atomic E-state index is 13.2. The van der Waals surface area contributed by atoms with Crippen molar-refractivity contribution in [1.29, 1.82) is 0 Å². The molecule has 0 saturated heterocycles. The average Bonchev–Trinajstić information content (AvgIpc) is 2.40. The minimum atomic E-state index is -0.200. The number of hydrogen-bond donors (Lipinski definition) is 1. The van der Waals surface area contributed by atoms with Gasteiger partial charge in [0.25, 0.3) is 0 Å². The first-order valence-corrected chi connectivity index (χ1v) is 6.33. The van der Waals surface area contributed by atoms with Crippen molar-refractivity contribution < 1.29 is 4.39 Å². The highest BCUT2D eigenvalue weighted by Gasteiger charge is 2.06. The lowest BCUT2D eigenvalue weighted by Gasteiger charge is -2.21. The van der Waals surface area contributed by atoms with Gasteiger partial charge in [-0.2, -0.15) is 0 Å². The van der Waals surface area contributed by atoms with Crippen molar-refractivity contribution >= 4 is 0 Å². The van der Waals surface area contributed by atoms with Crippen molar-refractivity contribution in [3.05, 3.63) is 65.7 Å². The number of hydrogen-bond acceptors (Lipinski definition) is 3. The fraction of sp³-hybridized carbons (Fsp3) is 0.267. The predicted molar refractivity (Wildman–Crippen MR) is 73.8 cm³/mol. The van der Waals surface area contributed by atoms with E-state index in [9.17, 15) is 4.39 Å². The molecule has 2 aromatic rings. The Hall–Kier alpha value is -1.78. The van der Waals surface area contributed by atoms with Gasteiger partial charge in [0.15, 0.2) is 0 Å². The molecule has 4 heteroatoms. The van der Waals surface area contributed by atoms with E-state index in [0.717, 1.165) is 18.7 Å². The molecule has 0 atom stereocenters. The normalized spacial score (nSPS) is 10.9. The van der Waals surface area contributed by atoms with Gasteiger partial charge in [-0.15, -0.1) is 0 Å². The molecule has 19 heavy (non-hydrogen) atoms. The van der Waals surface area contributed by atoms with Crippen molar-refractivity contribution in [3.63, 3.8) is 0 Å². The molecule has 0 saturated carbocycles. The van der Waals surface area contributed by atoms with Crippen LogP contribution in [0, 0.1) is 5.82 Å². The molecule has 0 fully saturated rings. The molecule has 0 aliphatic heterocycles. The molecule has 1 heterocycles. The summed E-state index contributed by atoms with van der Waals surface area (Å²) < 4.78 is 13.2. The van der Waals surface area contributed by atoms with Gasteiger partial charge in [-0.1, -0.05) is 12.1 Å². The maximum Gasteiger partial charge on any atom is 0.123 e. The van der Waals surface area contributed by atoms with Crippen LogP contribution in [0.25, 0.3) is 0 Å². The Balaban J connectivity index is 2.04. The van der Waals surface area contributed by atoms with Crippen molar-refractivity contribution in [1.82, 2.24) is 9.88 Å². The molecule has 100 valence electrons. The topological polar surface area (TPSA) is 42.1 Å². The van der Waals surface area contributed by atoms with E-state index in [-0.39, 0.29) is 5.82 Å². The van der Waals surface area contributed by atoms with Crippen molar-refractivity contribution in [2.45, 2.75) is 13.1 Å². The Labute approximate surface area is 112 Å². The summed E-state index contributed by atoms with van der Waals surface area (Å²) in [6.07, 6.45) is 3.55. The van der Waals surface area contributed by atoms with Crippen LogP contribution in [0.1, 0.15) is 11.1 Å². The lowest BCUT2D eigenvalue weighted by Crippen LogP contribution is -2.28. The van der Waals surface area contributed by atoms with Gasteiger partial charge in [-0.3, -0.25) is 9.88 Å². The summed E-state index contributed by atoms with van der Waals surface area (Å²) in [5.74, 6) is -0.200. The van der Waals surface area contributed by atoms with Crippen LogP contribution in [0.4, 0.5) is 4.39 Å². The first-order chi connectivity index (χ1) is 9.28. The fourth-order valence-electron chi connectivity index (χ4n) is 2.04. The minimum Gasteiger partial charge on any atom is -0.329 e. The highest BCUT2D eigenvalue weighted by molar-refractivity contribution is 5.17. The molecule has 0 radical (unpaired) electrons. The van der Waals surface area contributed by atoms with E-state index in [1.165, 1.54) is 11.6 Å². The van der Waals surface area contributed by atoms with Crippen LogP contribution >= 0.6 is 0 Å². The molecule has 0 spiro atoms. The van der Waals surface area contributed by atoms with Crippen molar-refractivity contribution in [2.75, 3.05) is 13.1 Å². The third-order valence-electron chi connectivity index (χ3n) is 2.90. The van der Waals surface area contributed by atoms with Crippen molar-refractivity contribution in [2.24, 2.45) is 5.73 Å². The summed E-state index contributed by atoms with van der Waals surface area (Å²) in [5, 5.41) is 0. The highest BCUT2D eigenvalue weighted by Crippen LogP contribution is 2.10. The first kappa shape index (κ1) is 13.6. The molecule has 3 nitrogen and oxygen atoms in total. The maximum absolute atomic E-state index is 13.2. The largest absolute Gasteiger partial charge is 0.329 e. The van der Waals surface area contributed by atoms with Crippen LogP contribution in [0.15, 0.2) is 48.8 Å². The van der Waals surface area contributed by atoms with E-state index in [1.807, 2.05) is 18.2 Å². The zero-order valence-corrected chi connectivity index (χ0v) is 10.8. The van der Waals surface area contributed by atoms with E-state index in [0.29, 0.717) is 13.1 Å². The minimum absolute atomic E-state index is 0.200. The molecular formula is C15H18FN3. The average molecular weight is 259 g/mol. The zero-order chi connectivity index (χ0) is 13.5. The predicted octanol–water partition coefficient (Wildman–Crippen LogP) is 2.18. The van der Waals surface area contributed by atoms with E-state index < -0.39 is 0 Å². The Morgan fingerprint density at radius 1 is 1.05 bits per heavy atom. The molecule has 0 aliphatic carbocycles. The summed E-state index contributed by atoms with van der Waals surface area (Å²) in [7, 11) is 0. The lowest BCUT2D eigenvalue weighted by molar-refractivity contribution is 0.264. The van der Waals surface area contributed by atoms with E-state index in [2.05, 4.69) is 9.88 Å². The van der Waals surface area contributed by atoms with Crippen LogP contribution in [0.5, 0.6) is 0 Å². The van der Waals surface area contributed by atoms with Gasteiger partial charge < -0.3 is 5.73 Å². The van der Waals surface area contributed by atoms with Crippen LogP contribution in [0.2, 0.25) is 0 Å². The molecular weight excluding hydrogens is 241 g/mol. The van der Waals surface area contributed by atoms with Crippen LogP contribution < -0.4 is 5.73 Å². The smallest absolute Gasteiger partial charge is 0.123 e. The van der Waals surface area contributed by atoms with E-state index in [1.54, 1.807) is 24.5 Å². The number of halogens is 1. The van der Waals surface area contributed by atoms with Gasteiger partial charge in [0, 0.05) is 38.6 Å². The molecule has 1 aromatic carbocycles. The van der Waals surface area contributed by atoms with Crippen LogP contribution in [-0.4, -0.2) is 23.0 Å². The summed E-state index contributed by atoms with van der Waals surface area (Å²) >= 11 is 0. The van der Waals surface area contributed by atoms with Crippen molar-refractivity contribution in [3.8, 4) is 0 Å². The third kappa shape index (κ3) is 4.43. The second-order valence-corrected chi connectivity index (χ2v) is 4.48. The Kier molecular flexibility index (Phi) is 5.01. The number of aromatic nitrogens is 1. The second-order valence-electron chi connectivity index (χ2n) is 4.48. The molecule has 0 unspecified atom stereocenters. The summed E-state index contributed by atoms with van der Waals surface area (Å²) in [4.78, 5) is 6.20. The second kappa shape index (κ2) is 6.97. The van der Waals surface area contributed by atoms with E-state index in [4.69, 9.17) is 5.73 Å². The van der Waals surface area contributed by atoms with Crippen LogP contribution in [0.3, 0.4) is 0 Å². The van der Waals surface area contributed by atoms with Gasteiger partial charge in [0.1, 0.15) is 5.82 Å². The molecule has 0 bridgehead atoms. The summed E-state index contributed by atoms with van der Waals surface area (Å²) in [6, 6.07) is 10.6. The monoisotopic (exact) mass is 259 g/mol. The quantitative estimate of drug-likeness (QED) is 0.864. The third-order valence-corrected chi connectivity index (χ3v) is 2.90. The molecule has 2 rings (SSSR count). The fourth-order valence-corrected chi connectivity index (χ4v) is 2.04. The summed E-state index contributed by atoms with van der Waals surface area (Å²) in [6.45, 7) is 2.84. The van der Waals surface area contributed by atoms with Gasteiger partial charge in [-0.25, -0.2) is 4.39 Å². The molecule has 1 aromatic heterocycles. The van der Waals surface area contributed by atoms with Gasteiger partial charge >= 0.3 is 0 Å². The van der Waals surface area contributed by atoms with Crippen LogP contribution in [-0.2, 0) is 13.1 Å². The number of benzene rings is 1. The van der Waals surface area contributed by atoms with Gasteiger partial charge in [0.2, 0.25) is 0 Å². The Morgan fingerprint density at radius 2 is 1.79 bits per heavy atom.